The molecule has 0 saturated heterocycles. The van der Waals surface area contributed by atoms with Crippen LogP contribution >= 0.6 is 11.6 Å². The maximum absolute atomic E-state index is 11.0. The molecule has 0 heterocycles. The predicted octanol–water partition coefficient (Wildman–Crippen LogP) is 3.85. The molecule has 0 aromatic heterocycles. The van der Waals surface area contributed by atoms with Crippen molar-refractivity contribution in [2.75, 3.05) is 0 Å². The number of hydrogen-bond acceptors (Lipinski definition) is 4. The summed E-state index contributed by atoms with van der Waals surface area (Å²) in [5.74, 6) is 0.613. The lowest BCUT2D eigenvalue weighted by atomic mass is 10.1. The largest absolute Gasteiger partial charge is 0.488 e. The van der Waals surface area contributed by atoms with Gasteiger partial charge in [0.05, 0.1) is 10.5 Å². The Morgan fingerprint density at radius 2 is 2.05 bits per heavy atom. The summed E-state index contributed by atoms with van der Waals surface area (Å²) in [7, 11) is 0. The standard InChI is InChI=1S/C15H15ClN2O3/c1-10(17)13-4-2-3-5-15(13)21-9-11-8-12(16)6-7-14(11)18(19)20/h2-8,10H,9,17H2,1H3/t10-/m1/s1. The molecule has 1 atom stereocenters. The number of nitro benzene ring substituents is 1. The fraction of sp³-hybridized carbons (Fsp3) is 0.200. The molecule has 2 aromatic carbocycles. The van der Waals surface area contributed by atoms with Gasteiger partial charge in [-0.25, -0.2) is 0 Å². The summed E-state index contributed by atoms with van der Waals surface area (Å²) < 4.78 is 5.69. The van der Waals surface area contributed by atoms with Crippen LogP contribution in [-0.4, -0.2) is 4.92 Å². The topological polar surface area (TPSA) is 78.4 Å². The molecule has 2 rings (SSSR count). The van der Waals surface area contributed by atoms with Gasteiger partial charge in [-0.05, 0) is 25.1 Å². The Bertz CT molecular complexity index is 659. The second-order valence-electron chi connectivity index (χ2n) is 4.65. The first-order chi connectivity index (χ1) is 9.99. The Hall–Kier alpha value is -2.11. The van der Waals surface area contributed by atoms with Crippen molar-refractivity contribution in [2.24, 2.45) is 5.73 Å². The molecule has 0 fully saturated rings. The molecule has 0 aliphatic rings. The zero-order valence-corrected chi connectivity index (χ0v) is 12.2. The van der Waals surface area contributed by atoms with Crippen molar-refractivity contribution in [3.05, 3.63) is 68.7 Å². The van der Waals surface area contributed by atoms with Gasteiger partial charge in [-0.1, -0.05) is 29.8 Å². The first-order valence-corrected chi connectivity index (χ1v) is 6.77. The Labute approximate surface area is 127 Å². The molecular formula is C15H15ClN2O3. The molecule has 6 heteroatoms. The van der Waals surface area contributed by atoms with Gasteiger partial charge in [0.2, 0.25) is 0 Å². The lowest BCUT2D eigenvalue weighted by molar-refractivity contribution is -0.385. The van der Waals surface area contributed by atoms with Crippen LogP contribution in [0.25, 0.3) is 0 Å². The minimum atomic E-state index is -0.452. The maximum Gasteiger partial charge on any atom is 0.276 e. The first-order valence-electron chi connectivity index (χ1n) is 6.39. The summed E-state index contributed by atoms with van der Waals surface area (Å²) in [4.78, 5) is 10.6. The smallest absolute Gasteiger partial charge is 0.276 e. The lowest BCUT2D eigenvalue weighted by Gasteiger charge is -2.14. The monoisotopic (exact) mass is 306 g/mol. The number of para-hydroxylation sites is 1. The number of ether oxygens (including phenoxy) is 1. The molecule has 0 aliphatic heterocycles. The molecule has 0 bridgehead atoms. The Balaban J connectivity index is 2.25. The summed E-state index contributed by atoms with van der Waals surface area (Å²) in [6, 6.07) is 11.6. The van der Waals surface area contributed by atoms with Crippen LogP contribution in [0.5, 0.6) is 5.75 Å². The van der Waals surface area contributed by atoms with Gasteiger partial charge in [0.1, 0.15) is 12.4 Å². The molecule has 110 valence electrons. The van der Waals surface area contributed by atoms with Crippen molar-refractivity contribution in [3.63, 3.8) is 0 Å². The van der Waals surface area contributed by atoms with Gasteiger partial charge >= 0.3 is 0 Å². The van der Waals surface area contributed by atoms with E-state index < -0.39 is 4.92 Å². The van der Waals surface area contributed by atoms with Crippen LogP contribution in [0, 0.1) is 10.1 Å². The van der Waals surface area contributed by atoms with Crippen molar-refractivity contribution in [3.8, 4) is 5.75 Å². The highest BCUT2D eigenvalue weighted by Crippen LogP contribution is 2.27. The number of nitrogens with two attached hydrogens (primary N) is 1. The fourth-order valence-electron chi connectivity index (χ4n) is 1.99. The average Bonchev–Trinajstić information content (AvgIpc) is 2.45. The quantitative estimate of drug-likeness (QED) is 0.672. The van der Waals surface area contributed by atoms with Gasteiger partial charge in [-0.3, -0.25) is 10.1 Å². The van der Waals surface area contributed by atoms with Gasteiger partial charge in [0, 0.05) is 22.7 Å². The minimum Gasteiger partial charge on any atom is -0.488 e. The highest BCUT2D eigenvalue weighted by molar-refractivity contribution is 6.30. The fourth-order valence-corrected chi connectivity index (χ4v) is 2.19. The van der Waals surface area contributed by atoms with Crippen LogP contribution in [0.15, 0.2) is 42.5 Å². The van der Waals surface area contributed by atoms with E-state index in [-0.39, 0.29) is 18.3 Å². The predicted molar refractivity (Wildman–Crippen MR) is 81.5 cm³/mol. The summed E-state index contributed by atoms with van der Waals surface area (Å²) in [5.41, 5.74) is 7.13. The molecular weight excluding hydrogens is 292 g/mol. The van der Waals surface area contributed by atoms with Gasteiger partial charge in [0.25, 0.3) is 5.69 Å². The molecule has 0 spiro atoms. The Kier molecular flexibility index (Phi) is 4.77. The highest BCUT2D eigenvalue weighted by atomic mass is 35.5. The van der Waals surface area contributed by atoms with Crippen LogP contribution < -0.4 is 10.5 Å². The van der Waals surface area contributed by atoms with Crippen molar-refractivity contribution in [2.45, 2.75) is 19.6 Å². The summed E-state index contributed by atoms with van der Waals surface area (Å²) >= 11 is 5.89. The average molecular weight is 307 g/mol. The number of hydrogen-bond donors (Lipinski definition) is 1. The van der Waals surface area contributed by atoms with Gasteiger partial charge in [0.15, 0.2) is 0 Å². The summed E-state index contributed by atoms with van der Waals surface area (Å²) in [6.45, 7) is 1.91. The van der Waals surface area contributed by atoms with E-state index in [0.29, 0.717) is 16.3 Å². The molecule has 5 nitrogen and oxygen atoms in total. The van der Waals surface area contributed by atoms with E-state index >= 15 is 0 Å². The van der Waals surface area contributed by atoms with Crippen molar-refractivity contribution in [1.82, 2.24) is 0 Å². The first kappa shape index (κ1) is 15.3. The Morgan fingerprint density at radius 3 is 2.71 bits per heavy atom. The van der Waals surface area contributed by atoms with Crippen molar-refractivity contribution < 1.29 is 9.66 Å². The molecule has 0 radical (unpaired) electrons. The third-order valence-electron chi connectivity index (χ3n) is 3.03. The zero-order chi connectivity index (χ0) is 15.4. The van der Waals surface area contributed by atoms with Crippen LogP contribution in [0.3, 0.4) is 0 Å². The minimum absolute atomic E-state index is 0.0160. The lowest BCUT2D eigenvalue weighted by Crippen LogP contribution is -2.08. The molecule has 2 N–H and O–H groups in total. The highest BCUT2D eigenvalue weighted by Gasteiger charge is 2.15. The van der Waals surface area contributed by atoms with E-state index in [1.165, 1.54) is 18.2 Å². The third-order valence-corrected chi connectivity index (χ3v) is 3.27. The van der Waals surface area contributed by atoms with E-state index in [4.69, 9.17) is 22.1 Å². The normalized spacial score (nSPS) is 12.0. The van der Waals surface area contributed by atoms with Crippen molar-refractivity contribution >= 4 is 17.3 Å². The third kappa shape index (κ3) is 3.71. The van der Waals surface area contributed by atoms with Crippen LogP contribution in [-0.2, 0) is 6.61 Å². The number of nitro groups is 1. The van der Waals surface area contributed by atoms with Gasteiger partial charge in [-0.15, -0.1) is 0 Å². The van der Waals surface area contributed by atoms with Gasteiger partial charge in [-0.2, -0.15) is 0 Å². The SMILES string of the molecule is C[C@@H](N)c1ccccc1OCc1cc(Cl)ccc1[N+](=O)[O-]. The Morgan fingerprint density at radius 1 is 1.33 bits per heavy atom. The number of halogens is 1. The van der Waals surface area contributed by atoms with Crippen LogP contribution in [0.4, 0.5) is 5.69 Å². The molecule has 0 aliphatic carbocycles. The van der Waals surface area contributed by atoms with E-state index in [9.17, 15) is 10.1 Å². The maximum atomic E-state index is 11.0. The number of rotatable bonds is 5. The molecule has 21 heavy (non-hydrogen) atoms. The molecule has 0 saturated carbocycles. The molecule has 0 unspecified atom stereocenters. The van der Waals surface area contributed by atoms with E-state index in [1.807, 2.05) is 25.1 Å². The molecule has 0 amide bonds. The number of benzene rings is 2. The van der Waals surface area contributed by atoms with Gasteiger partial charge < -0.3 is 10.5 Å². The second-order valence-corrected chi connectivity index (χ2v) is 5.08. The summed E-state index contributed by atoms with van der Waals surface area (Å²) in [5, 5.41) is 11.4. The van der Waals surface area contributed by atoms with E-state index in [2.05, 4.69) is 0 Å². The second kappa shape index (κ2) is 6.56. The molecule has 2 aromatic rings. The zero-order valence-electron chi connectivity index (χ0n) is 11.5. The van der Waals surface area contributed by atoms with Crippen molar-refractivity contribution in [1.29, 1.82) is 0 Å². The number of nitrogens with zero attached hydrogens (tertiary/aromatic N) is 1. The van der Waals surface area contributed by atoms with Crippen LogP contribution in [0.1, 0.15) is 24.1 Å². The van der Waals surface area contributed by atoms with E-state index in [0.717, 1.165) is 5.56 Å². The van der Waals surface area contributed by atoms with E-state index in [1.54, 1.807) is 6.07 Å². The van der Waals surface area contributed by atoms with Crippen LogP contribution in [0.2, 0.25) is 5.02 Å². The summed E-state index contributed by atoms with van der Waals surface area (Å²) in [6.07, 6.45) is 0.